The van der Waals surface area contributed by atoms with Crippen LogP contribution in [-0.2, 0) is 0 Å². The molecule has 90 valence electrons. The first-order valence-corrected chi connectivity index (χ1v) is 6.52. The van der Waals surface area contributed by atoms with Crippen molar-refractivity contribution in [1.82, 2.24) is 0 Å². The highest BCUT2D eigenvalue weighted by atomic mass is 16.3. The summed E-state index contributed by atoms with van der Waals surface area (Å²) in [6, 6.07) is 5.83. The molecular formula is C15H19NO. The van der Waals surface area contributed by atoms with Crippen LogP contribution in [0.25, 0.3) is 0 Å². The van der Waals surface area contributed by atoms with E-state index in [0.717, 1.165) is 17.0 Å². The van der Waals surface area contributed by atoms with Gasteiger partial charge in [-0.25, -0.2) is 0 Å². The first-order chi connectivity index (χ1) is 8.19. The van der Waals surface area contributed by atoms with E-state index < -0.39 is 0 Å². The summed E-state index contributed by atoms with van der Waals surface area (Å²) >= 11 is 0. The minimum absolute atomic E-state index is 0.209. The van der Waals surface area contributed by atoms with Gasteiger partial charge in [0.05, 0.1) is 5.54 Å². The summed E-state index contributed by atoms with van der Waals surface area (Å²) < 4.78 is 0. The lowest BCUT2D eigenvalue weighted by Gasteiger charge is -2.21. The summed E-state index contributed by atoms with van der Waals surface area (Å²) in [7, 11) is 0. The lowest BCUT2D eigenvalue weighted by atomic mass is 9.94. The molecule has 0 heterocycles. The van der Waals surface area contributed by atoms with Gasteiger partial charge in [0.15, 0.2) is 0 Å². The average molecular weight is 229 g/mol. The summed E-state index contributed by atoms with van der Waals surface area (Å²) in [5, 5.41) is 9.95. The van der Waals surface area contributed by atoms with E-state index in [1.807, 2.05) is 31.3 Å². The molecule has 0 atom stereocenters. The Balaban J connectivity index is 1.85. The zero-order valence-electron chi connectivity index (χ0n) is 10.3. The topological polar surface area (TPSA) is 32.6 Å². The maximum Gasteiger partial charge on any atom is 0.127 e. The maximum absolute atomic E-state index is 9.95. The van der Waals surface area contributed by atoms with Gasteiger partial charge in [0, 0.05) is 11.8 Å². The fourth-order valence-electron chi connectivity index (χ4n) is 3.33. The molecule has 17 heavy (non-hydrogen) atoms. The van der Waals surface area contributed by atoms with Crippen molar-refractivity contribution in [3.05, 3.63) is 29.3 Å². The number of benzene rings is 1. The normalized spacial score (nSPS) is 31.5. The average Bonchev–Trinajstić information content (AvgIpc) is 2.92. The van der Waals surface area contributed by atoms with E-state index >= 15 is 0 Å². The van der Waals surface area contributed by atoms with Crippen molar-refractivity contribution in [1.29, 1.82) is 0 Å². The van der Waals surface area contributed by atoms with Gasteiger partial charge in [-0.1, -0.05) is 12.1 Å². The smallest absolute Gasteiger partial charge is 0.127 e. The first kappa shape index (κ1) is 10.8. The molecule has 1 N–H and O–H groups in total. The van der Waals surface area contributed by atoms with Gasteiger partial charge in [0.25, 0.3) is 0 Å². The van der Waals surface area contributed by atoms with E-state index in [1.54, 1.807) is 0 Å². The maximum atomic E-state index is 9.95. The zero-order chi connectivity index (χ0) is 11.9. The van der Waals surface area contributed by atoms with E-state index in [9.17, 15) is 5.11 Å². The Kier molecular flexibility index (Phi) is 2.46. The molecule has 2 aliphatic rings. The van der Waals surface area contributed by atoms with Gasteiger partial charge in [0.2, 0.25) is 0 Å². The van der Waals surface area contributed by atoms with Crippen LogP contribution < -0.4 is 0 Å². The van der Waals surface area contributed by atoms with Crippen molar-refractivity contribution in [3.63, 3.8) is 0 Å². The van der Waals surface area contributed by atoms with E-state index in [4.69, 9.17) is 4.99 Å². The third kappa shape index (κ3) is 1.86. The third-order valence-corrected chi connectivity index (χ3v) is 4.45. The monoisotopic (exact) mass is 229 g/mol. The van der Waals surface area contributed by atoms with E-state index in [1.165, 1.54) is 32.1 Å². The van der Waals surface area contributed by atoms with Crippen LogP contribution in [0.1, 0.15) is 43.2 Å². The SMILES string of the molecule is Cc1cccc(C=NC23CCC(CC2)C3)c1O. The second-order valence-corrected chi connectivity index (χ2v) is 5.64. The van der Waals surface area contributed by atoms with Crippen molar-refractivity contribution >= 4 is 6.21 Å². The minimum Gasteiger partial charge on any atom is -0.507 e. The van der Waals surface area contributed by atoms with Crippen molar-refractivity contribution in [3.8, 4) is 5.75 Å². The summed E-state index contributed by atoms with van der Waals surface area (Å²) in [5.41, 5.74) is 1.98. The molecule has 1 aromatic carbocycles. The van der Waals surface area contributed by atoms with Gasteiger partial charge in [-0.05, 0) is 56.6 Å². The predicted octanol–water partition coefficient (Wildman–Crippen LogP) is 3.45. The van der Waals surface area contributed by atoms with Crippen LogP contribution in [0.2, 0.25) is 0 Å². The number of hydrogen-bond donors (Lipinski definition) is 1. The number of aryl methyl sites for hydroxylation is 1. The Bertz CT molecular complexity index is 456. The molecule has 2 fully saturated rings. The quantitative estimate of drug-likeness (QED) is 0.774. The zero-order valence-corrected chi connectivity index (χ0v) is 10.3. The lowest BCUT2D eigenvalue weighted by Crippen LogP contribution is -2.19. The van der Waals surface area contributed by atoms with Gasteiger partial charge in [-0.2, -0.15) is 0 Å². The van der Waals surface area contributed by atoms with Crippen LogP contribution in [0, 0.1) is 12.8 Å². The lowest BCUT2D eigenvalue weighted by molar-refractivity contribution is 0.422. The third-order valence-electron chi connectivity index (χ3n) is 4.45. The Labute approximate surface area is 102 Å². The molecule has 3 rings (SSSR count). The van der Waals surface area contributed by atoms with Gasteiger partial charge < -0.3 is 5.11 Å². The number of hydrogen-bond acceptors (Lipinski definition) is 2. The Hall–Kier alpha value is -1.31. The fraction of sp³-hybridized carbons (Fsp3) is 0.533. The molecule has 0 spiro atoms. The van der Waals surface area contributed by atoms with Crippen molar-refractivity contribution in [2.75, 3.05) is 0 Å². The number of para-hydroxylation sites is 1. The molecule has 0 unspecified atom stereocenters. The Morgan fingerprint density at radius 3 is 2.76 bits per heavy atom. The number of aromatic hydroxyl groups is 1. The highest BCUT2D eigenvalue weighted by Crippen LogP contribution is 2.50. The molecule has 2 saturated carbocycles. The van der Waals surface area contributed by atoms with Gasteiger partial charge in [-0.15, -0.1) is 0 Å². The van der Waals surface area contributed by atoms with Crippen LogP contribution in [-0.4, -0.2) is 16.9 Å². The molecular weight excluding hydrogens is 210 g/mol. The molecule has 2 nitrogen and oxygen atoms in total. The van der Waals surface area contributed by atoms with Crippen LogP contribution in [0.3, 0.4) is 0 Å². The van der Waals surface area contributed by atoms with E-state index in [-0.39, 0.29) is 5.54 Å². The standard InChI is InChI=1S/C15H19NO/c1-11-3-2-4-13(14(11)17)10-16-15-7-5-12(9-15)6-8-15/h2-4,10,12,17H,5-9H2,1H3. The Morgan fingerprint density at radius 1 is 1.35 bits per heavy atom. The number of fused-ring (bicyclic) bond motifs is 2. The van der Waals surface area contributed by atoms with E-state index in [2.05, 4.69) is 0 Å². The van der Waals surface area contributed by atoms with Crippen LogP contribution in [0.5, 0.6) is 5.75 Å². The van der Waals surface area contributed by atoms with Crippen LogP contribution >= 0.6 is 0 Å². The second-order valence-electron chi connectivity index (χ2n) is 5.64. The number of nitrogens with zero attached hydrogens (tertiary/aromatic N) is 1. The van der Waals surface area contributed by atoms with Crippen LogP contribution in [0.15, 0.2) is 23.2 Å². The number of phenolic OH excluding ortho intramolecular Hbond substituents is 1. The molecule has 2 aliphatic carbocycles. The summed E-state index contributed by atoms with van der Waals surface area (Å²) in [6.45, 7) is 1.92. The fourth-order valence-corrected chi connectivity index (χ4v) is 3.33. The molecule has 0 amide bonds. The molecule has 1 aromatic rings. The second kappa shape index (κ2) is 3.86. The largest absolute Gasteiger partial charge is 0.507 e. The number of aliphatic imine (C=N–C) groups is 1. The van der Waals surface area contributed by atoms with Crippen molar-refractivity contribution in [2.45, 2.75) is 44.6 Å². The van der Waals surface area contributed by atoms with Gasteiger partial charge in [0.1, 0.15) is 5.75 Å². The number of rotatable bonds is 2. The first-order valence-electron chi connectivity index (χ1n) is 6.52. The highest BCUT2D eigenvalue weighted by Gasteiger charge is 2.44. The molecule has 2 heteroatoms. The van der Waals surface area contributed by atoms with Gasteiger partial charge in [-0.3, -0.25) is 4.99 Å². The molecule has 0 saturated heterocycles. The summed E-state index contributed by atoms with van der Waals surface area (Å²) in [5.74, 6) is 1.29. The van der Waals surface area contributed by atoms with E-state index in [0.29, 0.717) is 5.75 Å². The van der Waals surface area contributed by atoms with Crippen LogP contribution in [0.4, 0.5) is 0 Å². The van der Waals surface area contributed by atoms with Crippen molar-refractivity contribution < 1.29 is 5.11 Å². The summed E-state index contributed by atoms with van der Waals surface area (Å²) in [6.07, 6.45) is 8.31. The Morgan fingerprint density at radius 2 is 2.12 bits per heavy atom. The summed E-state index contributed by atoms with van der Waals surface area (Å²) in [4.78, 5) is 4.80. The molecule has 0 aromatic heterocycles. The van der Waals surface area contributed by atoms with Gasteiger partial charge >= 0.3 is 0 Å². The number of phenols is 1. The highest BCUT2D eigenvalue weighted by molar-refractivity contribution is 5.84. The molecule has 2 bridgehead atoms. The molecule has 0 radical (unpaired) electrons. The van der Waals surface area contributed by atoms with Crippen molar-refractivity contribution in [2.24, 2.45) is 10.9 Å². The minimum atomic E-state index is 0.209. The predicted molar refractivity (Wildman–Crippen MR) is 69.7 cm³/mol. The molecule has 0 aliphatic heterocycles.